The highest BCUT2D eigenvalue weighted by atomic mass is 15.1. The number of aliphatic imine (C=N–C) groups is 1. The average Bonchev–Trinajstić information content (AvgIpc) is 3.71. The van der Waals surface area contributed by atoms with Gasteiger partial charge in [-0.3, -0.25) is 0 Å². The number of hydrogen-bond acceptors (Lipinski definition) is 2. The second-order valence-electron chi connectivity index (χ2n) is 11.8. The molecule has 8 aromatic rings. The third-order valence-electron chi connectivity index (χ3n) is 9.07. The molecule has 0 radical (unpaired) electrons. The Morgan fingerprint density at radius 2 is 1.17 bits per heavy atom. The van der Waals surface area contributed by atoms with Gasteiger partial charge in [0.2, 0.25) is 0 Å². The largest absolute Gasteiger partial charge is 0.357 e. The highest BCUT2D eigenvalue weighted by molar-refractivity contribution is 6.12. The molecule has 0 bridgehead atoms. The summed E-state index contributed by atoms with van der Waals surface area (Å²) in [5.74, 6) is 0.873. The summed E-state index contributed by atoms with van der Waals surface area (Å²) in [6.07, 6.45) is 4.20. The van der Waals surface area contributed by atoms with E-state index in [2.05, 4.69) is 172 Å². The molecule has 9 rings (SSSR count). The Morgan fingerprint density at radius 1 is 0.522 bits per heavy atom. The summed E-state index contributed by atoms with van der Waals surface area (Å²) in [6, 6.07) is 55.9. The Kier molecular flexibility index (Phi) is 6.17. The van der Waals surface area contributed by atoms with Gasteiger partial charge in [-0.05, 0) is 65.2 Å². The van der Waals surface area contributed by atoms with E-state index in [4.69, 9.17) is 4.99 Å². The van der Waals surface area contributed by atoms with Gasteiger partial charge in [0.1, 0.15) is 5.84 Å². The predicted molar refractivity (Wildman–Crippen MR) is 191 cm³/mol. The fourth-order valence-electron chi connectivity index (χ4n) is 6.86. The molecule has 4 heteroatoms. The fraction of sp³-hybridized carbons (Fsp3) is 0.0238. The molecule has 1 atom stereocenters. The monoisotopic (exact) mass is 590 g/mol. The molecule has 0 amide bonds. The van der Waals surface area contributed by atoms with E-state index >= 15 is 0 Å². The van der Waals surface area contributed by atoms with E-state index < -0.39 is 0 Å². The molecule has 0 aliphatic carbocycles. The van der Waals surface area contributed by atoms with Gasteiger partial charge in [-0.15, -0.1) is 0 Å². The fourth-order valence-corrected chi connectivity index (χ4v) is 6.86. The van der Waals surface area contributed by atoms with E-state index in [1.807, 2.05) is 12.3 Å². The van der Waals surface area contributed by atoms with Crippen molar-refractivity contribution in [3.8, 4) is 16.8 Å². The van der Waals surface area contributed by atoms with Crippen LogP contribution in [0.3, 0.4) is 0 Å². The average molecular weight is 591 g/mol. The molecular weight excluding hydrogens is 560 g/mol. The van der Waals surface area contributed by atoms with Crippen molar-refractivity contribution >= 4 is 44.2 Å². The second-order valence-corrected chi connectivity index (χ2v) is 11.8. The van der Waals surface area contributed by atoms with Gasteiger partial charge in [-0.2, -0.15) is 0 Å². The number of aromatic nitrogens is 2. The standard InChI is InChI=1S/C42H30N4/c1-4-12-29(13-5-1)41-40(28-43-42(44-41)30-14-6-2-7-15-30)46-38-19-11-10-18-35(38)36-27-32(21-23-39(36)46)31-20-22-37-33(26-31)24-25-45(37)34-16-8-3-9-17-34/h1-28,41H,(H,43,44). The van der Waals surface area contributed by atoms with Crippen LogP contribution in [0.15, 0.2) is 175 Å². The van der Waals surface area contributed by atoms with Crippen LogP contribution in [0.1, 0.15) is 17.2 Å². The maximum Gasteiger partial charge on any atom is 0.134 e. The molecule has 3 heterocycles. The van der Waals surface area contributed by atoms with Crippen LogP contribution in [0.5, 0.6) is 0 Å². The van der Waals surface area contributed by atoms with Crippen LogP contribution in [0, 0.1) is 0 Å². The van der Waals surface area contributed by atoms with E-state index in [1.54, 1.807) is 0 Å². The molecule has 1 aliphatic heterocycles. The van der Waals surface area contributed by atoms with Crippen LogP contribution < -0.4 is 5.32 Å². The smallest absolute Gasteiger partial charge is 0.134 e. The molecule has 0 spiro atoms. The van der Waals surface area contributed by atoms with Crippen LogP contribution in [0.4, 0.5) is 0 Å². The van der Waals surface area contributed by atoms with Crippen molar-refractivity contribution in [1.82, 2.24) is 14.5 Å². The Labute approximate surface area is 267 Å². The first-order valence-corrected chi connectivity index (χ1v) is 15.7. The van der Waals surface area contributed by atoms with Crippen LogP contribution in [-0.4, -0.2) is 15.0 Å². The van der Waals surface area contributed by atoms with E-state index in [0.29, 0.717) is 0 Å². The van der Waals surface area contributed by atoms with Crippen LogP contribution in [0.25, 0.3) is 55.2 Å². The van der Waals surface area contributed by atoms with Crippen molar-refractivity contribution in [2.24, 2.45) is 4.99 Å². The van der Waals surface area contributed by atoms with E-state index in [9.17, 15) is 0 Å². The first kappa shape index (κ1) is 26.3. The van der Waals surface area contributed by atoms with Crippen molar-refractivity contribution in [3.05, 3.63) is 181 Å². The van der Waals surface area contributed by atoms with Crippen LogP contribution in [-0.2, 0) is 0 Å². The van der Waals surface area contributed by atoms with Gasteiger partial charge in [0.25, 0.3) is 0 Å². The van der Waals surface area contributed by atoms with Crippen molar-refractivity contribution in [2.75, 3.05) is 0 Å². The second kappa shape index (κ2) is 10.8. The van der Waals surface area contributed by atoms with Gasteiger partial charge in [-0.25, -0.2) is 4.99 Å². The Balaban J connectivity index is 1.19. The number of hydrogen-bond donors (Lipinski definition) is 1. The predicted octanol–water partition coefficient (Wildman–Crippen LogP) is 10.00. The van der Waals surface area contributed by atoms with E-state index in [-0.39, 0.29) is 6.04 Å². The van der Waals surface area contributed by atoms with Gasteiger partial charge >= 0.3 is 0 Å². The molecule has 1 N–H and O–H groups in total. The van der Waals surface area contributed by atoms with Crippen LogP contribution in [0.2, 0.25) is 0 Å². The minimum atomic E-state index is -0.0800. The minimum absolute atomic E-state index is 0.0800. The zero-order valence-corrected chi connectivity index (χ0v) is 25.1. The lowest BCUT2D eigenvalue weighted by Gasteiger charge is -2.28. The molecule has 0 fully saturated rings. The molecular formula is C42H30N4. The summed E-state index contributed by atoms with van der Waals surface area (Å²) in [7, 11) is 0. The first-order valence-electron chi connectivity index (χ1n) is 15.7. The first-order chi connectivity index (χ1) is 22.8. The van der Waals surface area contributed by atoms with Crippen molar-refractivity contribution in [2.45, 2.75) is 6.04 Å². The molecule has 6 aromatic carbocycles. The number of rotatable bonds is 5. The van der Waals surface area contributed by atoms with Gasteiger partial charge < -0.3 is 14.5 Å². The van der Waals surface area contributed by atoms with E-state index in [1.165, 1.54) is 44.1 Å². The zero-order valence-electron chi connectivity index (χ0n) is 25.1. The summed E-state index contributed by atoms with van der Waals surface area (Å²) in [4.78, 5) is 4.97. The highest BCUT2D eigenvalue weighted by Gasteiger charge is 2.26. The van der Waals surface area contributed by atoms with Gasteiger partial charge in [0, 0.05) is 33.6 Å². The lowest BCUT2D eigenvalue weighted by atomic mass is 10.0. The molecule has 2 aromatic heterocycles. The zero-order chi connectivity index (χ0) is 30.5. The maximum atomic E-state index is 4.97. The summed E-state index contributed by atoms with van der Waals surface area (Å²) in [6.45, 7) is 0. The number of para-hydroxylation sites is 2. The lowest BCUT2D eigenvalue weighted by Crippen LogP contribution is -2.33. The molecule has 4 nitrogen and oxygen atoms in total. The third-order valence-corrected chi connectivity index (χ3v) is 9.07. The number of fused-ring (bicyclic) bond motifs is 4. The number of amidine groups is 1. The summed E-state index contributed by atoms with van der Waals surface area (Å²) < 4.78 is 4.63. The molecule has 218 valence electrons. The molecule has 1 aliphatic rings. The van der Waals surface area contributed by atoms with Crippen molar-refractivity contribution in [1.29, 1.82) is 0 Å². The van der Waals surface area contributed by atoms with Gasteiger partial charge in [-0.1, -0.05) is 109 Å². The Hall–Kier alpha value is -6.13. The number of nitrogens with one attached hydrogen (secondary N) is 1. The number of nitrogens with zero attached hydrogens (tertiary/aromatic N) is 3. The normalized spacial score (nSPS) is 14.7. The molecule has 0 saturated carbocycles. The van der Waals surface area contributed by atoms with Crippen molar-refractivity contribution in [3.63, 3.8) is 0 Å². The molecule has 1 unspecified atom stereocenters. The minimum Gasteiger partial charge on any atom is -0.357 e. The van der Waals surface area contributed by atoms with E-state index in [0.717, 1.165) is 28.1 Å². The summed E-state index contributed by atoms with van der Waals surface area (Å²) in [5.41, 5.74) is 10.4. The van der Waals surface area contributed by atoms with Gasteiger partial charge in [0.15, 0.2) is 0 Å². The van der Waals surface area contributed by atoms with Gasteiger partial charge in [0.05, 0.1) is 34.5 Å². The summed E-state index contributed by atoms with van der Waals surface area (Å²) in [5, 5.41) is 7.45. The molecule has 46 heavy (non-hydrogen) atoms. The third kappa shape index (κ3) is 4.34. The molecule has 0 saturated heterocycles. The maximum absolute atomic E-state index is 4.97. The quantitative estimate of drug-likeness (QED) is 0.213. The Morgan fingerprint density at radius 3 is 1.98 bits per heavy atom. The number of benzene rings is 6. The topological polar surface area (TPSA) is 34.2 Å². The SMILES string of the molecule is C1=C(n2c3ccccc3c3cc(-c4ccc5c(ccn5-c5ccccc5)c4)ccc32)C(c2ccccc2)NC(c2ccccc2)=N1. The van der Waals surface area contributed by atoms with Crippen LogP contribution >= 0.6 is 0 Å². The lowest BCUT2D eigenvalue weighted by molar-refractivity contribution is 0.762. The highest BCUT2D eigenvalue weighted by Crippen LogP contribution is 2.39. The summed E-state index contributed by atoms with van der Waals surface area (Å²) >= 11 is 0. The van der Waals surface area contributed by atoms with Crippen molar-refractivity contribution < 1.29 is 0 Å². The Bertz CT molecular complexity index is 2430.